The smallest absolute Gasteiger partial charge is 0.356 e. The average molecular weight is 327 g/mol. The molecule has 0 atom stereocenters. The fourth-order valence-corrected chi connectivity index (χ4v) is 2.70. The molecule has 3 aromatic rings. The van der Waals surface area contributed by atoms with Crippen LogP contribution in [0, 0.1) is 13.8 Å². The molecule has 0 fully saturated rings. The second-order valence-corrected chi connectivity index (χ2v) is 5.91. The van der Waals surface area contributed by atoms with E-state index in [4.69, 9.17) is 11.6 Å². The number of imidazole rings is 1. The summed E-state index contributed by atoms with van der Waals surface area (Å²) in [6.07, 6.45) is 1.54. The van der Waals surface area contributed by atoms with Gasteiger partial charge in [0.1, 0.15) is 5.82 Å². The molecule has 0 aliphatic rings. The monoisotopic (exact) mass is 326 g/mol. The van der Waals surface area contributed by atoms with Crippen LogP contribution in [-0.4, -0.2) is 20.6 Å². The molecule has 0 spiro atoms. The number of carboxylic acids is 1. The van der Waals surface area contributed by atoms with Gasteiger partial charge >= 0.3 is 5.97 Å². The Labute approximate surface area is 139 Å². The van der Waals surface area contributed by atoms with Crippen LogP contribution in [0.25, 0.3) is 17.1 Å². The first-order chi connectivity index (χ1) is 10.9. The van der Waals surface area contributed by atoms with E-state index < -0.39 is 5.97 Å². The van der Waals surface area contributed by atoms with Gasteiger partial charge in [-0.15, -0.1) is 0 Å². The van der Waals surface area contributed by atoms with Crippen LogP contribution in [0.5, 0.6) is 0 Å². The van der Waals surface area contributed by atoms with Crippen molar-refractivity contribution < 1.29 is 9.90 Å². The van der Waals surface area contributed by atoms with Crippen LogP contribution in [0.4, 0.5) is 0 Å². The van der Waals surface area contributed by atoms with Crippen molar-refractivity contribution in [1.29, 1.82) is 0 Å². The molecule has 0 aliphatic carbocycles. The molecular formula is C18H15ClN2O2. The van der Waals surface area contributed by atoms with Crippen molar-refractivity contribution in [1.82, 2.24) is 9.55 Å². The lowest BCUT2D eigenvalue weighted by Crippen LogP contribution is -1.97. The van der Waals surface area contributed by atoms with Gasteiger partial charge in [-0.05, 0) is 61.4 Å². The Morgan fingerprint density at radius 3 is 2.26 bits per heavy atom. The quantitative estimate of drug-likeness (QED) is 0.770. The molecule has 0 unspecified atom stereocenters. The predicted octanol–water partition coefficient (Wildman–Crippen LogP) is 4.51. The average Bonchev–Trinajstić information content (AvgIpc) is 2.92. The topological polar surface area (TPSA) is 55.1 Å². The van der Waals surface area contributed by atoms with E-state index in [1.54, 1.807) is 22.9 Å². The summed E-state index contributed by atoms with van der Waals surface area (Å²) >= 11 is 5.93. The van der Waals surface area contributed by atoms with E-state index in [1.165, 1.54) is 0 Å². The third-order valence-corrected chi connectivity index (χ3v) is 3.76. The number of hydrogen-bond acceptors (Lipinski definition) is 2. The maximum absolute atomic E-state index is 11.3. The lowest BCUT2D eigenvalue weighted by Gasteiger charge is -2.10. The second-order valence-electron chi connectivity index (χ2n) is 5.48. The standard InChI is InChI=1S/C18H15ClN2O2/c1-11-7-12(2)9-15(8-11)21-10-16(18(22)23)20-17(21)13-3-5-14(19)6-4-13/h3-10H,1-2H3,(H,22,23). The summed E-state index contributed by atoms with van der Waals surface area (Å²) in [7, 11) is 0. The number of aryl methyl sites for hydroxylation is 2. The minimum absolute atomic E-state index is 0.00843. The van der Waals surface area contributed by atoms with Gasteiger partial charge in [0.05, 0.1) is 0 Å². The molecule has 2 aromatic carbocycles. The number of aromatic nitrogens is 2. The Balaban J connectivity index is 2.22. The number of halogens is 1. The number of hydrogen-bond donors (Lipinski definition) is 1. The zero-order chi connectivity index (χ0) is 16.6. The molecule has 0 radical (unpaired) electrons. The Morgan fingerprint density at radius 2 is 1.70 bits per heavy atom. The number of rotatable bonds is 3. The van der Waals surface area contributed by atoms with Gasteiger partial charge in [-0.2, -0.15) is 0 Å². The number of aromatic carboxylic acids is 1. The van der Waals surface area contributed by atoms with E-state index in [1.807, 2.05) is 38.1 Å². The summed E-state index contributed by atoms with van der Waals surface area (Å²) in [6.45, 7) is 4.01. The third kappa shape index (κ3) is 3.12. The molecule has 0 amide bonds. The van der Waals surface area contributed by atoms with Crippen LogP contribution in [0.1, 0.15) is 21.6 Å². The van der Waals surface area contributed by atoms with Gasteiger partial charge in [-0.25, -0.2) is 9.78 Å². The largest absolute Gasteiger partial charge is 0.476 e. The van der Waals surface area contributed by atoms with E-state index >= 15 is 0 Å². The predicted molar refractivity (Wildman–Crippen MR) is 90.4 cm³/mol. The molecule has 5 heteroatoms. The van der Waals surface area contributed by atoms with Gasteiger partial charge in [-0.1, -0.05) is 17.7 Å². The fourth-order valence-electron chi connectivity index (χ4n) is 2.57. The number of carboxylic acid groups (broad SMARTS) is 1. The van der Waals surface area contributed by atoms with Gasteiger partial charge in [0.15, 0.2) is 5.69 Å². The van der Waals surface area contributed by atoms with Crippen molar-refractivity contribution in [2.75, 3.05) is 0 Å². The normalized spacial score (nSPS) is 10.7. The Bertz CT molecular complexity index is 862. The molecule has 1 heterocycles. The number of benzene rings is 2. The first-order valence-electron chi connectivity index (χ1n) is 7.11. The van der Waals surface area contributed by atoms with Gasteiger partial charge in [0.25, 0.3) is 0 Å². The summed E-state index contributed by atoms with van der Waals surface area (Å²) in [5.41, 5.74) is 3.91. The van der Waals surface area contributed by atoms with Crippen LogP contribution in [0.15, 0.2) is 48.7 Å². The van der Waals surface area contributed by atoms with Crippen LogP contribution in [-0.2, 0) is 0 Å². The maximum Gasteiger partial charge on any atom is 0.356 e. The summed E-state index contributed by atoms with van der Waals surface area (Å²) in [5, 5.41) is 9.89. The van der Waals surface area contributed by atoms with E-state index in [0.717, 1.165) is 22.4 Å². The van der Waals surface area contributed by atoms with Crippen LogP contribution in [0.3, 0.4) is 0 Å². The molecule has 0 aliphatic heterocycles. The highest BCUT2D eigenvalue weighted by Crippen LogP contribution is 2.25. The maximum atomic E-state index is 11.3. The molecular weight excluding hydrogens is 312 g/mol. The Morgan fingerprint density at radius 1 is 1.09 bits per heavy atom. The minimum atomic E-state index is -1.05. The Hall–Kier alpha value is -2.59. The molecule has 23 heavy (non-hydrogen) atoms. The van der Waals surface area contributed by atoms with Crippen molar-refractivity contribution in [2.24, 2.45) is 0 Å². The molecule has 116 valence electrons. The lowest BCUT2D eigenvalue weighted by molar-refractivity contribution is 0.0691. The number of nitrogens with zero attached hydrogens (tertiary/aromatic N) is 2. The van der Waals surface area contributed by atoms with Crippen molar-refractivity contribution in [3.63, 3.8) is 0 Å². The van der Waals surface area contributed by atoms with Gasteiger partial charge < -0.3 is 5.11 Å². The zero-order valence-corrected chi connectivity index (χ0v) is 13.5. The summed E-state index contributed by atoms with van der Waals surface area (Å²) in [5.74, 6) is -0.479. The SMILES string of the molecule is Cc1cc(C)cc(-n2cc(C(=O)O)nc2-c2ccc(Cl)cc2)c1. The van der Waals surface area contributed by atoms with Crippen LogP contribution < -0.4 is 0 Å². The first kappa shape index (κ1) is 15.3. The van der Waals surface area contributed by atoms with E-state index in [9.17, 15) is 9.90 Å². The molecule has 0 bridgehead atoms. The van der Waals surface area contributed by atoms with Gasteiger partial charge in [0.2, 0.25) is 0 Å². The van der Waals surface area contributed by atoms with E-state index in [0.29, 0.717) is 10.8 Å². The van der Waals surface area contributed by atoms with Crippen molar-refractivity contribution >= 4 is 17.6 Å². The Kier molecular flexibility index (Phi) is 3.92. The van der Waals surface area contributed by atoms with Crippen molar-refractivity contribution in [2.45, 2.75) is 13.8 Å². The molecule has 4 nitrogen and oxygen atoms in total. The first-order valence-corrected chi connectivity index (χ1v) is 7.49. The zero-order valence-electron chi connectivity index (χ0n) is 12.7. The van der Waals surface area contributed by atoms with Crippen molar-refractivity contribution in [3.05, 3.63) is 70.5 Å². The van der Waals surface area contributed by atoms with E-state index in [2.05, 4.69) is 11.1 Å². The molecule has 3 rings (SSSR count). The highest BCUT2D eigenvalue weighted by molar-refractivity contribution is 6.30. The van der Waals surface area contributed by atoms with E-state index in [-0.39, 0.29) is 5.69 Å². The van der Waals surface area contributed by atoms with Crippen LogP contribution in [0.2, 0.25) is 5.02 Å². The highest BCUT2D eigenvalue weighted by atomic mass is 35.5. The summed E-state index contributed by atoms with van der Waals surface area (Å²) in [6, 6.07) is 13.3. The molecule has 0 saturated heterocycles. The second kappa shape index (κ2) is 5.89. The number of carbonyl (C=O) groups is 1. The highest BCUT2D eigenvalue weighted by Gasteiger charge is 2.16. The van der Waals surface area contributed by atoms with Gasteiger partial charge in [0, 0.05) is 22.5 Å². The molecule has 1 N–H and O–H groups in total. The van der Waals surface area contributed by atoms with Crippen LogP contribution >= 0.6 is 11.6 Å². The molecule has 0 saturated carbocycles. The van der Waals surface area contributed by atoms with Gasteiger partial charge in [-0.3, -0.25) is 4.57 Å². The summed E-state index contributed by atoms with van der Waals surface area (Å²) < 4.78 is 1.80. The lowest BCUT2D eigenvalue weighted by atomic mass is 10.1. The summed E-state index contributed by atoms with van der Waals surface area (Å²) in [4.78, 5) is 15.6. The molecule has 1 aromatic heterocycles. The third-order valence-electron chi connectivity index (χ3n) is 3.51. The fraction of sp³-hybridized carbons (Fsp3) is 0.111. The minimum Gasteiger partial charge on any atom is -0.476 e. The van der Waals surface area contributed by atoms with Crippen molar-refractivity contribution in [3.8, 4) is 17.1 Å².